The highest BCUT2D eigenvalue weighted by Crippen LogP contribution is 2.28. The zero-order chi connectivity index (χ0) is 8.97. The molecule has 0 aliphatic heterocycles. The van der Waals surface area contributed by atoms with Crippen molar-refractivity contribution in [1.29, 1.82) is 0 Å². The Balaban J connectivity index is 2.62. The fourth-order valence-electron chi connectivity index (χ4n) is 1.10. The lowest BCUT2D eigenvalue weighted by Gasteiger charge is -1.91. The van der Waals surface area contributed by atoms with Crippen molar-refractivity contribution in [3.05, 3.63) is 20.3 Å². The van der Waals surface area contributed by atoms with Gasteiger partial charge in [0.2, 0.25) is 0 Å². The van der Waals surface area contributed by atoms with E-state index in [1.807, 2.05) is 11.3 Å². The van der Waals surface area contributed by atoms with Gasteiger partial charge in [0.25, 0.3) is 0 Å². The van der Waals surface area contributed by atoms with E-state index in [1.54, 1.807) is 0 Å². The number of hydrogen-bond donors (Lipinski definition) is 1. The van der Waals surface area contributed by atoms with Crippen LogP contribution >= 0.6 is 27.3 Å². The summed E-state index contributed by atoms with van der Waals surface area (Å²) in [4.78, 5) is 2.89. The van der Waals surface area contributed by atoms with E-state index < -0.39 is 0 Å². The lowest BCUT2D eigenvalue weighted by molar-refractivity contribution is 0.843. The number of thiophene rings is 1. The first-order valence-electron chi connectivity index (χ1n) is 4.25. The molecule has 1 aromatic rings. The van der Waals surface area contributed by atoms with Crippen molar-refractivity contribution in [1.82, 2.24) is 0 Å². The van der Waals surface area contributed by atoms with Crippen LogP contribution in [-0.2, 0) is 12.8 Å². The van der Waals surface area contributed by atoms with E-state index in [0.717, 1.165) is 25.8 Å². The first-order chi connectivity index (χ1) is 5.77. The van der Waals surface area contributed by atoms with Crippen molar-refractivity contribution >= 4 is 27.3 Å². The zero-order valence-electron chi connectivity index (χ0n) is 7.27. The van der Waals surface area contributed by atoms with Crippen LogP contribution in [0.15, 0.2) is 10.5 Å². The van der Waals surface area contributed by atoms with Gasteiger partial charge in [-0.25, -0.2) is 0 Å². The standard InChI is InChI=1S/C9H14BrNS/c1-2-9-8(10)6-7(12-9)4-3-5-11/h6H,2-5,11H2,1H3. The Hall–Kier alpha value is 0.140. The van der Waals surface area contributed by atoms with Gasteiger partial charge in [-0.1, -0.05) is 6.92 Å². The predicted molar refractivity (Wildman–Crippen MR) is 58.8 cm³/mol. The van der Waals surface area contributed by atoms with Crippen molar-refractivity contribution < 1.29 is 0 Å². The van der Waals surface area contributed by atoms with Gasteiger partial charge in [0.1, 0.15) is 0 Å². The normalized spacial score (nSPS) is 10.6. The molecule has 1 aromatic heterocycles. The Morgan fingerprint density at radius 2 is 2.33 bits per heavy atom. The first-order valence-corrected chi connectivity index (χ1v) is 5.86. The fraction of sp³-hybridized carbons (Fsp3) is 0.556. The van der Waals surface area contributed by atoms with E-state index in [4.69, 9.17) is 5.73 Å². The number of nitrogens with two attached hydrogens (primary N) is 1. The summed E-state index contributed by atoms with van der Waals surface area (Å²) in [6.45, 7) is 2.97. The van der Waals surface area contributed by atoms with E-state index in [0.29, 0.717) is 0 Å². The molecule has 0 unspecified atom stereocenters. The molecule has 0 bridgehead atoms. The summed E-state index contributed by atoms with van der Waals surface area (Å²) in [5, 5.41) is 0. The van der Waals surface area contributed by atoms with E-state index in [2.05, 4.69) is 28.9 Å². The first kappa shape index (κ1) is 10.2. The lowest BCUT2D eigenvalue weighted by atomic mass is 10.2. The van der Waals surface area contributed by atoms with Crippen LogP contribution in [0.1, 0.15) is 23.1 Å². The fourth-order valence-corrected chi connectivity index (χ4v) is 3.09. The molecule has 0 radical (unpaired) electrons. The van der Waals surface area contributed by atoms with Gasteiger partial charge in [0.15, 0.2) is 0 Å². The third-order valence-corrected chi connectivity index (χ3v) is 4.07. The number of aryl methyl sites for hydroxylation is 2. The van der Waals surface area contributed by atoms with Crippen LogP contribution in [-0.4, -0.2) is 6.54 Å². The van der Waals surface area contributed by atoms with Crippen molar-refractivity contribution in [2.45, 2.75) is 26.2 Å². The van der Waals surface area contributed by atoms with Crippen molar-refractivity contribution in [3.63, 3.8) is 0 Å². The number of halogens is 1. The SMILES string of the molecule is CCc1sc(CCCN)cc1Br. The molecule has 1 heterocycles. The monoisotopic (exact) mass is 247 g/mol. The molecule has 0 aliphatic rings. The molecule has 0 fully saturated rings. The van der Waals surface area contributed by atoms with E-state index >= 15 is 0 Å². The van der Waals surface area contributed by atoms with Crippen LogP contribution in [0.4, 0.5) is 0 Å². The minimum absolute atomic E-state index is 0.789. The van der Waals surface area contributed by atoms with Crippen LogP contribution in [0.2, 0.25) is 0 Å². The molecule has 0 spiro atoms. The summed E-state index contributed by atoms with van der Waals surface area (Å²) >= 11 is 5.45. The molecule has 12 heavy (non-hydrogen) atoms. The molecule has 0 atom stereocenters. The average molecular weight is 248 g/mol. The highest BCUT2D eigenvalue weighted by atomic mass is 79.9. The number of rotatable bonds is 4. The summed E-state index contributed by atoms with van der Waals surface area (Å²) in [5.41, 5.74) is 5.45. The highest BCUT2D eigenvalue weighted by molar-refractivity contribution is 9.10. The van der Waals surface area contributed by atoms with Crippen LogP contribution in [0.5, 0.6) is 0 Å². The van der Waals surface area contributed by atoms with Gasteiger partial charge in [-0.2, -0.15) is 0 Å². The smallest absolute Gasteiger partial charge is 0.0317 e. The average Bonchev–Trinajstić information content (AvgIpc) is 2.43. The molecule has 0 saturated heterocycles. The highest BCUT2D eigenvalue weighted by Gasteiger charge is 2.03. The summed E-state index contributed by atoms with van der Waals surface area (Å²) in [6.07, 6.45) is 3.34. The third-order valence-electron chi connectivity index (χ3n) is 1.76. The molecule has 0 aliphatic carbocycles. The van der Waals surface area contributed by atoms with Crippen molar-refractivity contribution in [2.24, 2.45) is 5.73 Å². The topological polar surface area (TPSA) is 26.0 Å². The summed E-state index contributed by atoms with van der Waals surface area (Å²) < 4.78 is 1.27. The minimum Gasteiger partial charge on any atom is -0.330 e. The van der Waals surface area contributed by atoms with Gasteiger partial charge in [-0.05, 0) is 47.8 Å². The van der Waals surface area contributed by atoms with Gasteiger partial charge in [-0.15, -0.1) is 11.3 Å². The molecule has 0 amide bonds. The summed E-state index contributed by atoms with van der Waals surface area (Å²) in [7, 11) is 0. The molecule has 0 aromatic carbocycles. The minimum atomic E-state index is 0.789. The van der Waals surface area contributed by atoms with Gasteiger partial charge in [0.05, 0.1) is 0 Å². The maximum absolute atomic E-state index is 5.45. The largest absolute Gasteiger partial charge is 0.330 e. The molecule has 68 valence electrons. The van der Waals surface area contributed by atoms with Gasteiger partial charge >= 0.3 is 0 Å². The zero-order valence-corrected chi connectivity index (χ0v) is 9.67. The Morgan fingerprint density at radius 3 is 2.83 bits per heavy atom. The summed E-state index contributed by atoms with van der Waals surface area (Å²) in [5.74, 6) is 0. The Bertz CT molecular complexity index is 245. The molecular weight excluding hydrogens is 234 g/mol. The van der Waals surface area contributed by atoms with Crippen LogP contribution in [0.25, 0.3) is 0 Å². The lowest BCUT2D eigenvalue weighted by Crippen LogP contribution is -1.99. The Kier molecular flexibility index (Phi) is 4.26. The molecule has 1 nitrogen and oxygen atoms in total. The van der Waals surface area contributed by atoms with E-state index in [1.165, 1.54) is 14.2 Å². The van der Waals surface area contributed by atoms with Crippen LogP contribution in [0.3, 0.4) is 0 Å². The molecule has 3 heteroatoms. The number of hydrogen-bond acceptors (Lipinski definition) is 2. The van der Waals surface area contributed by atoms with Crippen LogP contribution < -0.4 is 5.73 Å². The second-order valence-electron chi connectivity index (χ2n) is 2.73. The van der Waals surface area contributed by atoms with E-state index in [9.17, 15) is 0 Å². The molecule has 1 rings (SSSR count). The van der Waals surface area contributed by atoms with Gasteiger partial charge < -0.3 is 5.73 Å². The second-order valence-corrected chi connectivity index (χ2v) is 4.81. The van der Waals surface area contributed by atoms with Gasteiger partial charge in [-0.3, -0.25) is 0 Å². The molecule has 2 N–H and O–H groups in total. The van der Waals surface area contributed by atoms with Crippen molar-refractivity contribution in [2.75, 3.05) is 6.54 Å². The van der Waals surface area contributed by atoms with Crippen molar-refractivity contribution in [3.8, 4) is 0 Å². The molecular formula is C9H14BrNS. The predicted octanol–water partition coefficient (Wildman–Crippen LogP) is 2.96. The maximum atomic E-state index is 5.45. The quantitative estimate of drug-likeness (QED) is 0.871. The third kappa shape index (κ3) is 2.57. The molecule has 0 saturated carbocycles. The van der Waals surface area contributed by atoms with E-state index in [-0.39, 0.29) is 0 Å². The maximum Gasteiger partial charge on any atom is 0.0317 e. The Morgan fingerprint density at radius 1 is 1.58 bits per heavy atom. The van der Waals surface area contributed by atoms with Gasteiger partial charge in [0, 0.05) is 14.2 Å². The Labute approximate surface area is 86.1 Å². The van der Waals surface area contributed by atoms with Crippen LogP contribution in [0, 0.1) is 0 Å². The second kappa shape index (κ2) is 5.00. The summed E-state index contributed by atoms with van der Waals surface area (Å²) in [6, 6.07) is 2.22.